The number of hydrogen-bond donors (Lipinski definition) is 1. The lowest BCUT2D eigenvalue weighted by atomic mass is 9.49. The fraction of sp³-hybridized carbons (Fsp3) is 0.640. The number of amides is 3. The Kier molecular flexibility index (Phi) is 5.47. The number of carbonyl (C=O) groups excluding carboxylic acids is 3. The summed E-state index contributed by atoms with van der Waals surface area (Å²) in [5.74, 6) is 1.97. The molecule has 1 saturated heterocycles. The van der Waals surface area contributed by atoms with E-state index in [0.29, 0.717) is 47.0 Å². The van der Waals surface area contributed by atoms with Crippen LogP contribution in [0.5, 0.6) is 0 Å². The van der Waals surface area contributed by atoms with E-state index in [2.05, 4.69) is 5.32 Å². The van der Waals surface area contributed by atoms with Crippen LogP contribution in [0.4, 0.5) is 5.69 Å². The molecule has 1 aliphatic heterocycles. The van der Waals surface area contributed by atoms with Gasteiger partial charge in [0.2, 0.25) is 11.8 Å². The molecule has 1 N–H and O–H groups in total. The van der Waals surface area contributed by atoms with Gasteiger partial charge in [-0.2, -0.15) is 0 Å². The molecular weight excluding hydrogens is 426 g/mol. The van der Waals surface area contributed by atoms with Gasteiger partial charge in [-0.15, -0.1) is 0 Å². The Morgan fingerprint density at radius 3 is 2.25 bits per heavy atom. The molecule has 32 heavy (non-hydrogen) atoms. The van der Waals surface area contributed by atoms with Crippen molar-refractivity contribution in [3.63, 3.8) is 0 Å². The average Bonchev–Trinajstić information content (AvgIpc) is 3.21. The normalized spacial score (nSPS) is 32.8. The van der Waals surface area contributed by atoms with E-state index in [-0.39, 0.29) is 23.1 Å². The molecule has 4 saturated carbocycles. The first-order valence-electron chi connectivity index (χ1n) is 11.9. The van der Waals surface area contributed by atoms with Crippen LogP contribution >= 0.6 is 11.6 Å². The van der Waals surface area contributed by atoms with Crippen molar-refractivity contribution in [3.05, 3.63) is 28.8 Å². The predicted octanol–water partition coefficient (Wildman–Crippen LogP) is 4.19. The molecule has 1 aromatic carbocycles. The summed E-state index contributed by atoms with van der Waals surface area (Å²) in [6, 6.07) is 4.50. The molecule has 1 atom stereocenters. The van der Waals surface area contributed by atoms with Crippen molar-refractivity contribution in [3.8, 4) is 0 Å². The zero-order valence-electron chi connectivity index (χ0n) is 18.9. The standard InChI is InChI=1S/C25H32ClN3O3/c1-28(2)23(31)19-6-5-18(11-20(19)26)27-22(30)21-4-3-7-29(21)24(32)25-12-15-8-16(13-25)10-17(9-15)14-25/h5-6,11,15-17,21H,3-4,7-10,12-14H2,1-2H3,(H,27,30). The number of rotatable bonds is 4. The molecule has 1 unspecified atom stereocenters. The van der Waals surface area contributed by atoms with Gasteiger partial charge in [0, 0.05) is 26.3 Å². The van der Waals surface area contributed by atoms with Crippen molar-refractivity contribution in [1.82, 2.24) is 9.80 Å². The molecule has 6 nitrogen and oxygen atoms in total. The largest absolute Gasteiger partial charge is 0.345 e. The fourth-order valence-electron chi connectivity index (χ4n) is 7.19. The fourth-order valence-corrected chi connectivity index (χ4v) is 7.45. The molecule has 1 aromatic rings. The first kappa shape index (κ1) is 21.7. The van der Waals surface area contributed by atoms with Gasteiger partial charge < -0.3 is 15.1 Å². The number of carbonyl (C=O) groups is 3. The van der Waals surface area contributed by atoms with Crippen LogP contribution in [0, 0.1) is 23.2 Å². The molecule has 4 bridgehead atoms. The molecule has 6 rings (SSSR count). The monoisotopic (exact) mass is 457 g/mol. The Balaban J connectivity index is 1.30. The number of anilines is 1. The van der Waals surface area contributed by atoms with Gasteiger partial charge >= 0.3 is 0 Å². The van der Waals surface area contributed by atoms with Crippen LogP contribution in [0.15, 0.2) is 18.2 Å². The van der Waals surface area contributed by atoms with Gasteiger partial charge in [-0.05, 0) is 87.3 Å². The van der Waals surface area contributed by atoms with E-state index in [1.54, 1.807) is 32.3 Å². The van der Waals surface area contributed by atoms with Crippen molar-refractivity contribution in [1.29, 1.82) is 0 Å². The second-order valence-corrected chi connectivity index (χ2v) is 11.1. The molecule has 1 heterocycles. The third kappa shape index (κ3) is 3.70. The van der Waals surface area contributed by atoms with Crippen LogP contribution in [0.1, 0.15) is 61.7 Å². The third-order valence-electron chi connectivity index (χ3n) is 8.18. The first-order chi connectivity index (χ1) is 15.3. The lowest BCUT2D eigenvalue weighted by Gasteiger charge is -2.56. The second-order valence-electron chi connectivity index (χ2n) is 10.7. The van der Waals surface area contributed by atoms with Gasteiger partial charge in [0.25, 0.3) is 5.91 Å². The Morgan fingerprint density at radius 1 is 1.06 bits per heavy atom. The number of likely N-dealkylation sites (tertiary alicyclic amines) is 1. The number of hydrogen-bond acceptors (Lipinski definition) is 3. The zero-order chi connectivity index (χ0) is 22.6. The Morgan fingerprint density at radius 2 is 1.69 bits per heavy atom. The highest BCUT2D eigenvalue weighted by Crippen LogP contribution is 2.60. The average molecular weight is 458 g/mol. The topological polar surface area (TPSA) is 69.7 Å². The van der Waals surface area contributed by atoms with Crippen molar-refractivity contribution >= 4 is 35.0 Å². The van der Waals surface area contributed by atoms with Gasteiger partial charge in [0.05, 0.1) is 16.0 Å². The lowest BCUT2D eigenvalue weighted by molar-refractivity contribution is -0.160. The Hall–Kier alpha value is -2.08. The second kappa shape index (κ2) is 8.05. The summed E-state index contributed by atoms with van der Waals surface area (Å²) in [6.45, 7) is 0.662. The van der Waals surface area contributed by atoms with Crippen molar-refractivity contribution < 1.29 is 14.4 Å². The summed E-state index contributed by atoms with van der Waals surface area (Å²) in [7, 11) is 3.34. The van der Waals surface area contributed by atoms with E-state index in [4.69, 9.17) is 11.6 Å². The van der Waals surface area contributed by atoms with Crippen LogP contribution in [0.2, 0.25) is 5.02 Å². The molecule has 172 valence electrons. The van der Waals surface area contributed by atoms with Crippen LogP contribution in [0.25, 0.3) is 0 Å². The van der Waals surface area contributed by atoms with Crippen LogP contribution in [0.3, 0.4) is 0 Å². The molecule has 5 aliphatic rings. The summed E-state index contributed by atoms with van der Waals surface area (Å²) in [4.78, 5) is 42.5. The summed E-state index contributed by atoms with van der Waals surface area (Å²) < 4.78 is 0. The molecule has 0 spiro atoms. The molecule has 3 amide bonds. The Bertz CT molecular complexity index is 924. The quantitative estimate of drug-likeness (QED) is 0.737. The molecular formula is C25H32ClN3O3. The van der Waals surface area contributed by atoms with E-state index in [9.17, 15) is 14.4 Å². The van der Waals surface area contributed by atoms with Gasteiger partial charge in [-0.25, -0.2) is 0 Å². The van der Waals surface area contributed by atoms with Crippen molar-refractivity contribution in [2.75, 3.05) is 26.0 Å². The smallest absolute Gasteiger partial charge is 0.254 e. The van der Waals surface area contributed by atoms with E-state index in [1.807, 2.05) is 4.90 Å². The summed E-state index contributed by atoms with van der Waals surface area (Å²) in [5.41, 5.74) is 0.716. The third-order valence-corrected chi connectivity index (χ3v) is 8.49. The summed E-state index contributed by atoms with van der Waals surface area (Å²) >= 11 is 6.30. The highest BCUT2D eigenvalue weighted by Gasteiger charge is 2.56. The zero-order valence-corrected chi connectivity index (χ0v) is 19.7. The molecule has 0 radical (unpaired) electrons. The van der Waals surface area contributed by atoms with Gasteiger partial charge in [-0.1, -0.05) is 11.6 Å². The maximum absolute atomic E-state index is 13.8. The maximum Gasteiger partial charge on any atom is 0.254 e. The number of benzene rings is 1. The first-order valence-corrected chi connectivity index (χ1v) is 12.3. The molecule has 5 fully saturated rings. The number of nitrogens with one attached hydrogen (secondary N) is 1. The van der Waals surface area contributed by atoms with Gasteiger partial charge in [0.1, 0.15) is 6.04 Å². The highest BCUT2D eigenvalue weighted by molar-refractivity contribution is 6.34. The van der Waals surface area contributed by atoms with E-state index < -0.39 is 6.04 Å². The summed E-state index contributed by atoms with van der Waals surface area (Å²) in [5, 5.41) is 3.24. The van der Waals surface area contributed by atoms with E-state index in [1.165, 1.54) is 24.2 Å². The van der Waals surface area contributed by atoms with Crippen LogP contribution in [-0.2, 0) is 9.59 Å². The van der Waals surface area contributed by atoms with Crippen LogP contribution < -0.4 is 5.32 Å². The SMILES string of the molecule is CN(C)C(=O)c1ccc(NC(=O)C2CCCN2C(=O)C23CC4CC(CC(C4)C2)C3)cc1Cl. The highest BCUT2D eigenvalue weighted by atomic mass is 35.5. The van der Waals surface area contributed by atoms with E-state index >= 15 is 0 Å². The lowest BCUT2D eigenvalue weighted by Crippen LogP contribution is -2.56. The number of nitrogens with zero attached hydrogens (tertiary/aromatic N) is 2. The predicted molar refractivity (Wildman–Crippen MR) is 123 cm³/mol. The number of halogens is 1. The minimum absolute atomic E-state index is 0.164. The van der Waals surface area contributed by atoms with Crippen molar-refractivity contribution in [2.45, 2.75) is 57.4 Å². The summed E-state index contributed by atoms with van der Waals surface area (Å²) in [6.07, 6.45) is 8.47. The van der Waals surface area contributed by atoms with Crippen LogP contribution in [-0.4, -0.2) is 54.2 Å². The van der Waals surface area contributed by atoms with Gasteiger partial charge in [-0.3, -0.25) is 14.4 Å². The van der Waals surface area contributed by atoms with Crippen molar-refractivity contribution in [2.24, 2.45) is 23.2 Å². The minimum atomic E-state index is -0.433. The molecule has 4 aliphatic carbocycles. The van der Waals surface area contributed by atoms with E-state index in [0.717, 1.165) is 25.7 Å². The molecule has 0 aromatic heterocycles. The van der Waals surface area contributed by atoms with Gasteiger partial charge in [0.15, 0.2) is 0 Å². The maximum atomic E-state index is 13.8. The minimum Gasteiger partial charge on any atom is -0.345 e. The Labute approximate surface area is 194 Å². The molecule has 7 heteroatoms.